The number of rotatable bonds is 6. The summed E-state index contributed by atoms with van der Waals surface area (Å²) in [4.78, 5) is 16.1. The van der Waals surface area contributed by atoms with E-state index in [9.17, 15) is 9.18 Å². The van der Waals surface area contributed by atoms with Gasteiger partial charge in [-0.25, -0.2) is 14.2 Å². The Kier molecular flexibility index (Phi) is 5.63. The topological polar surface area (TPSA) is 59.0 Å². The first-order valence-electron chi connectivity index (χ1n) is 8.43. The van der Waals surface area contributed by atoms with Crippen molar-refractivity contribution in [2.24, 2.45) is 0 Å². The molecule has 0 saturated heterocycles. The molecule has 2 aromatic carbocycles. The maximum absolute atomic E-state index is 13.0. The molecule has 0 fully saturated rings. The van der Waals surface area contributed by atoms with Crippen molar-refractivity contribution in [3.63, 3.8) is 0 Å². The minimum Gasteiger partial charge on any atom is -0.334 e. The van der Waals surface area contributed by atoms with Gasteiger partial charge in [0.2, 0.25) is 0 Å². The third-order valence-electron chi connectivity index (χ3n) is 4.12. The summed E-state index contributed by atoms with van der Waals surface area (Å²) in [6.07, 6.45) is 5.45. The molecule has 26 heavy (non-hydrogen) atoms. The van der Waals surface area contributed by atoms with Crippen LogP contribution in [0.25, 0.3) is 0 Å². The lowest BCUT2D eigenvalue weighted by molar-refractivity contribution is 0.237. The molecule has 1 aromatic heterocycles. The number of amides is 2. The van der Waals surface area contributed by atoms with Crippen LogP contribution in [-0.4, -0.2) is 15.6 Å². The Morgan fingerprint density at radius 2 is 1.81 bits per heavy atom. The zero-order valence-electron chi connectivity index (χ0n) is 14.5. The Hall–Kier alpha value is -3.15. The summed E-state index contributed by atoms with van der Waals surface area (Å²) in [5.41, 5.74) is 3.04. The van der Waals surface area contributed by atoms with Gasteiger partial charge in [-0.2, -0.15) is 0 Å². The van der Waals surface area contributed by atoms with Gasteiger partial charge >= 0.3 is 6.03 Å². The number of hydrogen-bond donors (Lipinski definition) is 2. The van der Waals surface area contributed by atoms with Gasteiger partial charge in [-0.05, 0) is 35.7 Å². The molecule has 3 aromatic rings. The molecule has 5 nitrogen and oxygen atoms in total. The Balaban J connectivity index is 1.47. The van der Waals surface area contributed by atoms with Crippen LogP contribution >= 0.6 is 0 Å². The molecule has 1 unspecified atom stereocenters. The maximum Gasteiger partial charge on any atom is 0.315 e. The number of carbonyl (C=O) groups is 1. The number of carbonyl (C=O) groups excluding carboxylic acids is 1. The van der Waals surface area contributed by atoms with E-state index in [4.69, 9.17) is 0 Å². The van der Waals surface area contributed by atoms with Gasteiger partial charge in [0.15, 0.2) is 0 Å². The molecular weight excluding hydrogens is 331 g/mol. The SMILES string of the molecule is CC(NC(=O)NCc1ccc(Cn2ccnc2)cc1)c1ccc(F)cc1. The van der Waals surface area contributed by atoms with Crippen LogP contribution in [-0.2, 0) is 13.1 Å². The summed E-state index contributed by atoms with van der Waals surface area (Å²) in [6.45, 7) is 3.06. The lowest BCUT2D eigenvalue weighted by Gasteiger charge is -2.15. The van der Waals surface area contributed by atoms with Crippen molar-refractivity contribution in [2.45, 2.75) is 26.1 Å². The zero-order chi connectivity index (χ0) is 18.4. The van der Waals surface area contributed by atoms with E-state index in [1.165, 1.54) is 17.7 Å². The molecule has 134 valence electrons. The molecule has 2 N–H and O–H groups in total. The Morgan fingerprint density at radius 1 is 1.12 bits per heavy atom. The molecule has 1 heterocycles. The number of halogens is 1. The minimum atomic E-state index is -0.290. The first kappa shape index (κ1) is 17.7. The van der Waals surface area contributed by atoms with Crippen molar-refractivity contribution in [1.29, 1.82) is 0 Å². The second kappa shape index (κ2) is 8.29. The molecule has 0 spiro atoms. The third kappa shape index (κ3) is 4.92. The van der Waals surface area contributed by atoms with E-state index in [-0.39, 0.29) is 17.9 Å². The van der Waals surface area contributed by atoms with Crippen molar-refractivity contribution >= 4 is 6.03 Å². The van der Waals surface area contributed by atoms with Gasteiger partial charge in [0.05, 0.1) is 12.4 Å². The van der Waals surface area contributed by atoms with Crippen molar-refractivity contribution < 1.29 is 9.18 Å². The fourth-order valence-corrected chi connectivity index (χ4v) is 2.62. The van der Waals surface area contributed by atoms with Crippen LogP contribution in [0, 0.1) is 5.82 Å². The van der Waals surface area contributed by atoms with E-state index in [2.05, 4.69) is 15.6 Å². The Bertz CT molecular complexity index is 829. The molecule has 0 bridgehead atoms. The summed E-state index contributed by atoms with van der Waals surface area (Å²) in [6, 6.07) is 13.7. The lowest BCUT2D eigenvalue weighted by atomic mass is 10.1. The number of aromatic nitrogens is 2. The number of urea groups is 1. The van der Waals surface area contributed by atoms with Crippen LogP contribution in [0.3, 0.4) is 0 Å². The first-order valence-corrected chi connectivity index (χ1v) is 8.43. The number of nitrogens with zero attached hydrogens (tertiary/aromatic N) is 2. The number of hydrogen-bond acceptors (Lipinski definition) is 2. The average Bonchev–Trinajstić information content (AvgIpc) is 3.15. The largest absolute Gasteiger partial charge is 0.334 e. The Morgan fingerprint density at radius 3 is 2.46 bits per heavy atom. The van der Waals surface area contributed by atoms with Crippen LogP contribution < -0.4 is 10.6 Å². The lowest BCUT2D eigenvalue weighted by Crippen LogP contribution is -2.36. The zero-order valence-corrected chi connectivity index (χ0v) is 14.5. The maximum atomic E-state index is 13.0. The summed E-state index contributed by atoms with van der Waals surface area (Å²) < 4.78 is 14.9. The molecule has 0 aliphatic heterocycles. The fraction of sp³-hybridized carbons (Fsp3) is 0.200. The Labute approximate surface area is 151 Å². The first-order chi connectivity index (χ1) is 12.6. The fourth-order valence-electron chi connectivity index (χ4n) is 2.62. The van der Waals surface area contributed by atoms with Gasteiger partial charge in [0, 0.05) is 25.5 Å². The van der Waals surface area contributed by atoms with E-state index in [1.807, 2.05) is 42.0 Å². The molecule has 0 aliphatic carbocycles. The van der Waals surface area contributed by atoms with Gasteiger partial charge in [0.1, 0.15) is 5.82 Å². The smallest absolute Gasteiger partial charge is 0.315 e. The van der Waals surface area contributed by atoms with Crippen molar-refractivity contribution in [1.82, 2.24) is 20.2 Å². The van der Waals surface area contributed by atoms with Gasteiger partial charge in [-0.15, -0.1) is 0 Å². The number of imidazole rings is 1. The minimum absolute atomic E-state index is 0.201. The van der Waals surface area contributed by atoms with Gasteiger partial charge in [-0.1, -0.05) is 36.4 Å². The van der Waals surface area contributed by atoms with Gasteiger partial charge < -0.3 is 15.2 Å². The normalized spacial score (nSPS) is 11.8. The van der Waals surface area contributed by atoms with Crippen molar-refractivity contribution in [3.8, 4) is 0 Å². The molecule has 3 rings (SSSR count). The molecule has 6 heteroatoms. The van der Waals surface area contributed by atoms with E-state index in [0.29, 0.717) is 6.54 Å². The molecule has 0 radical (unpaired) electrons. The summed E-state index contributed by atoms with van der Waals surface area (Å²) in [5.74, 6) is -0.290. The van der Waals surface area contributed by atoms with E-state index >= 15 is 0 Å². The second-order valence-electron chi connectivity index (χ2n) is 6.15. The predicted octanol–water partition coefficient (Wildman–Crippen LogP) is 3.63. The van der Waals surface area contributed by atoms with Crippen molar-refractivity contribution in [3.05, 3.63) is 89.8 Å². The average molecular weight is 352 g/mol. The summed E-state index contributed by atoms with van der Waals surface area (Å²) >= 11 is 0. The third-order valence-corrected chi connectivity index (χ3v) is 4.12. The number of nitrogens with one attached hydrogen (secondary N) is 2. The molecule has 2 amide bonds. The number of benzene rings is 2. The molecule has 0 saturated carbocycles. The monoisotopic (exact) mass is 352 g/mol. The second-order valence-corrected chi connectivity index (χ2v) is 6.15. The van der Waals surface area contributed by atoms with Gasteiger partial charge in [-0.3, -0.25) is 0 Å². The van der Waals surface area contributed by atoms with Crippen LogP contribution in [0.1, 0.15) is 29.7 Å². The quantitative estimate of drug-likeness (QED) is 0.712. The highest BCUT2D eigenvalue weighted by molar-refractivity contribution is 5.74. The summed E-state index contributed by atoms with van der Waals surface area (Å²) in [7, 11) is 0. The van der Waals surface area contributed by atoms with E-state index < -0.39 is 0 Å². The highest BCUT2D eigenvalue weighted by Crippen LogP contribution is 2.12. The van der Waals surface area contributed by atoms with Crippen LogP contribution in [0.5, 0.6) is 0 Å². The van der Waals surface area contributed by atoms with E-state index in [1.54, 1.807) is 24.7 Å². The van der Waals surface area contributed by atoms with E-state index in [0.717, 1.165) is 17.7 Å². The van der Waals surface area contributed by atoms with Crippen LogP contribution in [0.2, 0.25) is 0 Å². The predicted molar refractivity (Wildman–Crippen MR) is 98.0 cm³/mol. The molecule has 1 atom stereocenters. The molecular formula is C20H21FN4O. The van der Waals surface area contributed by atoms with Crippen LogP contribution in [0.4, 0.5) is 9.18 Å². The molecule has 0 aliphatic rings. The highest BCUT2D eigenvalue weighted by atomic mass is 19.1. The van der Waals surface area contributed by atoms with Gasteiger partial charge in [0.25, 0.3) is 0 Å². The summed E-state index contributed by atoms with van der Waals surface area (Å²) in [5, 5.41) is 5.68. The highest BCUT2D eigenvalue weighted by Gasteiger charge is 2.09. The van der Waals surface area contributed by atoms with Crippen molar-refractivity contribution in [2.75, 3.05) is 0 Å². The van der Waals surface area contributed by atoms with Crippen LogP contribution in [0.15, 0.2) is 67.3 Å². The standard InChI is InChI=1S/C20H21FN4O/c1-15(18-6-8-19(21)9-7-18)24-20(26)23-12-16-2-4-17(5-3-16)13-25-11-10-22-14-25/h2-11,14-15H,12-13H2,1H3,(H2,23,24,26).